The van der Waals surface area contributed by atoms with E-state index < -0.39 is 10.8 Å². The largest absolute Gasteiger partial charge is 0.324 e. The molecule has 1 fully saturated rings. The van der Waals surface area contributed by atoms with E-state index in [4.69, 9.17) is 11.6 Å². The maximum absolute atomic E-state index is 13.7. The summed E-state index contributed by atoms with van der Waals surface area (Å²) in [5.41, 5.74) is 2.19. The lowest BCUT2D eigenvalue weighted by molar-refractivity contribution is 0.462. The Balaban J connectivity index is 2.12. The Morgan fingerprint density at radius 2 is 2.15 bits per heavy atom. The van der Waals surface area contributed by atoms with Crippen molar-refractivity contribution >= 4 is 33.4 Å². The van der Waals surface area contributed by atoms with Crippen LogP contribution in [0.2, 0.25) is 0 Å². The molecule has 108 valence electrons. The van der Waals surface area contributed by atoms with E-state index in [-0.39, 0.29) is 11.9 Å². The van der Waals surface area contributed by atoms with Gasteiger partial charge in [-0.05, 0) is 31.4 Å². The van der Waals surface area contributed by atoms with E-state index in [1.807, 2.05) is 6.07 Å². The Bertz CT molecular complexity index is 675. The van der Waals surface area contributed by atoms with Gasteiger partial charge in [-0.25, -0.2) is 9.37 Å². The van der Waals surface area contributed by atoms with E-state index in [1.165, 1.54) is 6.07 Å². The van der Waals surface area contributed by atoms with Crippen molar-refractivity contribution in [3.8, 4) is 0 Å². The minimum Gasteiger partial charge on any atom is -0.324 e. The van der Waals surface area contributed by atoms with Crippen molar-refractivity contribution < 1.29 is 8.60 Å². The SMILES string of the molecule is Cc1cc2c(cc1F)nc(CCl)n2C1CCS(=O)CC1. The number of imidazole rings is 1. The summed E-state index contributed by atoms with van der Waals surface area (Å²) in [6.07, 6.45) is 1.72. The number of rotatable bonds is 2. The molecule has 20 heavy (non-hydrogen) atoms. The van der Waals surface area contributed by atoms with Crippen molar-refractivity contribution in [3.63, 3.8) is 0 Å². The molecule has 0 atom stereocenters. The number of fused-ring (bicyclic) bond motifs is 1. The van der Waals surface area contributed by atoms with Crippen molar-refractivity contribution in [2.45, 2.75) is 31.7 Å². The van der Waals surface area contributed by atoms with Gasteiger partial charge in [-0.3, -0.25) is 4.21 Å². The van der Waals surface area contributed by atoms with Crippen LogP contribution in [0, 0.1) is 12.7 Å². The van der Waals surface area contributed by atoms with Gasteiger partial charge in [0.15, 0.2) is 0 Å². The number of hydrogen-bond acceptors (Lipinski definition) is 2. The van der Waals surface area contributed by atoms with E-state index in [0.29, 0.717) is 28.5 Å². The van der Waals surface area contributed by atoms with Crippen LogP contribution in [0.3, 0.4) is 0 Å². The van der Waals surface area contributed by atoms with Crippen LogP contribution in [-0.2, 0) is 16.7 Å². The van der Waals surface area contributed by atoms with Crippen molar-refractivity contribution in [2.24, 2.45) is 0 Å². The van der Waals surface area contributed by atoms with E-state index in [9.17, 15) is 8.60 Å². The highest BCUT2D eigenvalue weighted by molar-refractivity contribution is 7.85. The van der Waals surface area contributed by atoms with Crippen LogP contribution in [0.15, 0.2) is 12.1 Å². The standard InChI is InChI=1S/C14H16ClFN2OS/c1-9-6-13-12(7-11(9)16)17-14(8-15)18(13)10-2-4-20(19)5-3-10/h6-7,10H,2-5,8H2,1H3. The van der Waals surface area contributed by atoms with Crippen molar-refractivity contribution in [3.05, 3.63) is 29.3 Å². The van der Waals surface area contributed by atoms with Gasteiger partial charge in [0.25, 0.3) is 0 Å². The summed E-state index contributed by atoms with van der Waals surface area (Å²) >= 11 is 5.99. The third kappa shape index (κ3) is 2.37. The van der Waals surface area contributed by atoms with Gasteiger partial charge in [0.1, 0.15) is 11.6 Å². The van der Waals surface area contributed by atoms with Crippen molar-refractivity contribution in [1.29, 1.82) is 0 Å². The van der Waals surface area contributed by atoms with Crippen LogP contribution in [0.4, 0.5) is 4.39 Å². The second kappa shape index (κ2) is 5.45. The average molecular weight is 315 g/mol. The second-order valence-electron chi connectivity index (χ2n) is 5.20. The van der Waals surface area contributed by atoms with Crippen LogP contribution >= 0.6 is 11.6 Å². The number of nitrogens with zero attached hydrogens (tertiary/aromatic N) is 2. The third-order valence-corrected chi connectivity index (χ3v) is 5.51. The van der Waals surface area contributed by atoms with Gasteiger partial charge in [0, 0.05) is 34.4 Å². The smallest absolute Gasteiger partial charge is 0.128 e. The van der Waals surface area contributed by atoms with E-state index in [0.717, 1.165) is 24.2 Å². The Kier molecular flexibility index (Phi) is 3.82. The molecule has 0 aliphatic carbocycles. The average Bonchev–Trinajstić information content (AvgIpc) is 2.78. The van der Waals surface area contributed by atoms with E-state index in [2.05, 4.69) is 9.55 Å². The molecular formula is C14H16ClFN2OS. The molecule has 1 aliphatic rings. The van der Waals surface area contributed by atoms with Crippen LogP contribution in [0.1, 0.15) is 30.3 Å². The fraction of sp³-hybridized carbons (Fsp3) is 0.500. The molecule has 1 aliphatic heterocycles. The molecule has 0 saturated carbocycles. The molecule has 1 aromatic carbocycles. The molecule has 0 spiro atoms. The van der Waals surface area contributed by atoms with Crippen LogP contribution in [-0.4, -0.2) is 25.3 Å². The fourth-order valence-corrected chi connectivity index (χ4v) is 4.27. The molecular weight excluding hydrogens is 299 g/mol. The monoisotopic (exact) mass is 314 g/mol. The summed E-state index contributed by atoms with van der Waals surface area (Å²) in [4.78, 5) is 4.44. The summed E-state index contributed by atoms with van der Waals surface area (Å²) in [6, 6.07) is 3.56. The van der Waals surface area contributed by atoms with Gasteiger partial charge in [-0.1, -0.05) is 0 Å². The number of alkyl halides is 1. The van der Waals surface area contributed by atoms with Crippen LogP contribution < -0.4 is 0 Å². The van der Waals surface area contributed by atoms with E-state index in [1.54, 1.807) is 6.92 Å². The number of aryl methyl sites for hydroxylation is 1. The molecule has 0 N–H and O–H groups in total. The molecule has 0 amide bonds. The topological polar surface area (TPSA) is 34.9 Å². The molecule has 2 heterocycles. The lowest BCUT2D eigenvalue weighted by atomic mass is 10.1. The Labute approximate surface area is 124 Å². The third-order valence-electron chi connectivity index (χ3n) is 3.89. The van der Waals surface area contributed by atoms with Gasteiger partial charge >= 0.3 is 0 Å². The molecule has 3 rings (SSSR count). The van der Waals surface area contributed by atoms with Gasteiger partial charge in [-0.15, -0.1) is 11.6 Å². The molecule has 2 aromatic rings. The highest BCUT2D eigenvalue weighted by Crippen LogP contribution is 2.30. The first-order chi connectivity index (χ1) is 9.60. The maximum Gasteiger partial charge on any atom is 0.128 e. The first-order valence-electron chi connectivity index (χ1n) is 6.68. The van der Waals surface area contributed by atoms with Gasteiger partial charge in [0.2, 0.25) is 0 Å². The molecule has 0 radical (unpaired) electrons. The van der Waals surface area contributed by atoms with Gasteiger partial charge < -0.3 is 4.57 Å². The molecule has 3 nitrogen and oxygen atoms in total. The van der Waals surface area contributed by atoms with E-state index >= 15 is 0 Å². The Morgan fingerprint density at radius 3 is 2.80 bits per heavy atom. The zero-order valence-corrected chi connectivity index (χ0v) is 12.8. The molecule has 6 heteroatoms. The lowest BCUT2D eigenvalue weighted by Crippen LogP contribution is -2.22. The number of benzene rings is 1. The molecule has 0 bridgehead atoms. The molecule has 1 aromatic heterocycles. The van der Waals surface area contributed by atoms with Crippen molar-refractivity contribution in [1.82, 2.24) is 9.55 Å². The predicted molar refractivity (Wildman–Crippen MR) is 80.1 cm³/mol. The minimum atomic E-state index is -0.700. The number of hydrogen-bond donors (Lipinski definition) is 0. The fourth-order valence-electron chi connectivity index (χ4n) is 2.81. The second-order valence-corrected chi connectivity index (χ2v) is 7.16. The zero-order chi connectivity index (χ0) is 14.3. The normalized spacial score (nSPS) is 23.4. The highest BCUT2D eigenvalue weighted by atomic mass is 35.5. The summed E-state index contributed by atoms with van der Waals surface area (Å²) in [5.74, 6) is 2.25. The summed E-state index contributed by atoms with van der Waals surface area (Å²) < 4.78 is 27.3. The molecule has 0 unspecified atom stereocenters. The summed E-state index contributed by atoms with van der Waals surface area (Å²) in [5, 5.41) is 0. The Hall–Kier alpha value is -0.940. The zero-order valence-electron chi connectivity index (χ0n) is 11.2. The predicted octanol–water partition coefficient (Wildman–Crippen LogP) is 3.31. The van der Waals surface area contributed by atoms with Gasteiger partial charge in [-0.2, -0.15) is 0 Å². The first kappa shape index (κ1) is 14.0. The van der Waals surface area contributed by atoms with Gasteiger partial charge in [0.05, 0.1) is 16.9 Å². The van der Waals surface area contributed by atoms with Crippen LogP contribution in [0.5, 0.6) is 0 Å². The maximum atomic E-state index is 13.7. The summed E-state index contributed by atoms with van der Waals surface area (Å²) in [7, 11) is -0.700. The first-order valence-corrected chi connectivity index (χ1v) is 8.70. The summed E-state index contributed by atoms with van der Waals surface area (Å²) in [6.45, 7) is 1.75. The molecule has 1 saturated heterocycles. The number of aromatic nitrogens is 2. The Morgan fingerprint density at radius 1 is 1.45 bits per heavy atom. The number of halogens is 2. The van der Waals surface area contributed by atoms with Crippen LogP contribution in [0.25, 0.3) is 11.0 Å². The van der Waals surface area contributed by atoms with Crippen molar-refractivity contribution in [2.75, 3.05) is 11.5 Å². The highest BCUT2D eigenvalue weighted by Gasteiger charge is 2.24. The lowest BCUT2D eigenvalue weighted by Gasteiger charge is -2.25. The minimum absolute atomic E-state index is 0.243. The quantitative estimate of drug-likeness (QED) is 0.797.